The minimum atomic E-state index is 0.164. The zero-order valence-electron chi connectivity index (χ0n) is 12.0. The van der Waals surface area contributed by atoms with Gasteiger partial charge >= 0.3 is 0 Å². The van der Waals surface area contributed by atoms with Gasteiger partial charge in [0.15, 0.2) is 0 Å². The van der Waals surface area contributed by atoms with Gasteiger partial charge in [-0.05, 0) is 50.0 Å². The Bertz CT molecular complexity index is 387. The van der Waals surface area contributed by atoms with Crippen LogP contribution in [0.15, 0.2) is 18.5 Å². The first-order valence-electron chi connectivity index (χ1n) is 6.86. The number of piperidine rings is 1. The van der Waals surface area contributed by atoms with Gasteiger partial charge in [-0.25, -0.2) is 0 Å². The van der Waals surface area contributed by atoms with E-state index < -0.39 is 0 Å². The Morgan fingerprint density at radius 2 is 1.89 bits per heavy atom. The number of rotatable bonds is 2. The molecule has 1 aromatic rings. The van der Waals surface area contributed by atoms with Gasteiger partial charge in [-0.2, -0.15) is 0 Å². The van der Waals surface area contributed by atoms with Gasteiger partial charge in [-0.15, -0.1) is 0 Å². The molecule has 1 N–H and O–H groups in total. The Kier molecular flexibility index (Phi) is 3.91. The Labute approximate surface area is 111 Å². The number of hydrogen-bond acceptors (Lipinski definition) is 3. The number of pyridine rings is 1. The second-order valence-corrected chi connectivity index (χ2v) is 6.43. The van der Waals surface area contributed by atoms with Crippen LogP contribution in [-0.2, 0) is 5.41 Å². The maximum Gasteiger partial charge on any atom is 0.0531 e. The molecule has 0 radical (unpaired) electrons. The molecule has 1 saturated heterocycles. The Balaban J connectivity index is 2.01. The molecule has 2 rings (SSSR count). The average Bonchev–Trinajstić information content (AvgIpc) is 2.31. The average molecular weight is 247 g/mol. The molecule has 0 saturated carbocycles. The number of likely N-dealkylation sites (tertiary alicyclic amines) is 1. The van der Waals surface area contributed by atoms with Crippen molar-refractivity contribution < 1.29 is 0 Å². The van der Waals surface area contributed by atoms with Gasteiger partial charge in [0.05, 0.1) is 5.69 Å². The Morgan fingerprint density at radius 1 is 1.22 bits per heavy atom. The van der Waals surface area contributed by atoms with Crippen molar-refractivity contribution in [2.45, 2.75) is 45.1 Å². The molecule has 0 spiro atoms. The fourth-order valence-corrected chi connectivity index (χ4v) is 2.32. The van der Waals surface area contributed by atoms with E-state index in [1.807, 2.05) is 12.4 Å². The van der Waals surface area contributed by atoms with Crippen LogP contribution in [0.2, 0.25) is 0 Å². The Hall–Kier alpha value is -1.09. The van der Waals surface area contributed by atoms with E-state index in [0.29, 0.717) is 6.04 Å². The number of aromatic nitrogens is 1. The number of anilines is 1. The molecule has 18 heavy (non-hydrogen) atoms. The van der Waals surface area contributed by atoms with E-state index in [1.165, 1.54) is 31.5 Å². The summed E-state index contributed by atoms with van der Waals surface area (Å²) in [6.45, 7) is 9.05. The number of nitrogens with one attached hydrogen (secondary N) is 1. The molecule has 0 bridgehead atoms. The molecule has 0 aliphatic carbocycles. The summed E-state index contributed by atoms with van der Waals surface area (Å²) in [6, 6.07) is 2.84. The van der Waals surface area contributed by atoms with E-state index >= 15 is 0 Å². The smallest absolute Gasteiger partial charge is 0.0531 e. The molecule has 3 heteroatoms. The number of nitrogens with zero attached hydrogens (tertiary/aromatic N) is 2. The summed E-state index contributed by atoms with van der Waals surface area (Å²) in [5.41, 5.74) is 2.62. The van der Waals surface area contributed by atoms with E-state index in [0.717, 1.165) is 5.69 Å². The molecule has 0 atom stereocenters. The topological polar surface area (TPSA) is 28.2 Å². The summed E-state index contributed by atoms with van der Waals surface area (Å²) in [5.74, 6) is 0. The van der Waals surface area contributed by atoms with Crippen molar-refractivity contribution in [2.24, 2.45) is 0 Å². The fraction of sp³-hybridized carbons (Fsp3) is 0.667. The molecule has 1 aromatic heterocycles. The maximum atomic E-state index is 4.36. The maximum absolute atomic E-state index is 4.36. The highest BCUT2D eigenvalue weighted by molar-refractivity contribution is 5.45. The van der Waals surface area contributed by atoms with Gasteiger partial charge in [-0.1, -0.05) is 20.8 Å². The van der Waals surface area contributed by atoms with Gasteiger partial charge in [0.25, 0.3) is 0 Å². The normalized spacial score (nSPS) is 18.9. The van der Waals surface area contributed by atoms with Crippen molar-refractivity contribution in [3.8, 4) is 0 Å². The van der Waals surface area contributed by atoms with E-state index in [1.54, 1.807) is 0 Å². The molecular formula is C15H25N3. The molecule has 1 fully saturated rings. The monoisotopic (exact) mass is 247 g/mol. The van der Waals surface area contributed by atoms with Crippen LogP contribution in [0.1, 0.15) is 39.2 Å². The fourth-order valence-electron chi connectivity index (χ4n) is 2.32. The first kappa shape index (κ1) is 13.3. The van der Waals surface area contributed by atoms with Crippen LogP contribution in [0.3, 0.4) is 0 Å². The van der Waals surface area contributed by atoms with Crippen molar-refractivity contribution in [3.05, 3.63) is 24.0 Å². The second kappa shape index (κ2) is 5.27. The lowest BCUT2D eigenvalue weighted by Gasteiger charge is -2.30. The van der Waals surface area contributed by atoms with Crippen LogP contribution in [0, 0.1) is 0 Å². The predicted molar refractivity (Wildman–Crippen MR) is 77.1 cm³/mol. The molecule has 0 amide bonds. The van der Waals surface area contributed by atoms with E-state index in [4.69, 9.17) is 0 Å². The third-order valence-corrected chi connectivity index (χ3v) is 3.69. The van der Waals surface area contributed by atoms with Gasteiger partial charge in [-0.3, -0.25) is 4.98 Å². The molecule has 0 aromatic carbocycles. The lowest BCUT2D eigenvalue weighted by molar-refractivity contribution is 0.264. The largest absolute Gasteiger partial charge is 0.381 e. The highest BCUT2D eigenvalue weighted by atomic mass is 15.1. The Morgan fingerprint density at radius 3 is 2.50 bits per heavy atom. The SMILES string of the molecule is CN1CCC(Nc2cncc(C(C)(C)C)c2)CC1. The summed E-state index contributed by atoms with van der Waals surface area (Å²) in [5, 5.41) is 3.62. The molecule has 2 heterocycles. The molecule has 100 valence electrons. The van der Waals surface area contributed by atoms with Gasteiger partial charge < -0.3 is 10.2 Å². The minimum absolute atomic E-state index is 0.164. The van der Waals surface area contributed by atoms with Crippen molar-refractivity contribution in [1.29, 1.82) is 0 Å². The summed E-state index contributed by atoms with van der Waals surface area (Å²) >= 11 is 0. The van der Waals surface area contributed by atoms with Gasteiger partial charge in [0.1, 0.15) is 0 Å². The van der Waals surface area contributed by atoms with Crippen molar-refractivity contribution in [2.75, 3.05) is 25.5 Å². The zero-order valence-corrected chi connectivity index (χ0v) is 12.0. The van der Waals surface area contributed by atoms with E-state index in [-0.39, 0.29) is 5.41 Å². The van der Waals surface area contributed by atoms with Crippen LogP contribution in [0.25, 0.3) is 0 Å². The van der Waals surface area contributed by atoms with Crippen molar-refractivity contribution in [1.82, 2.24) is 9.88 Å². The minimum Gasteiger partial charge on any atom is -0.381 e. The standard InChI is InChI=1S/C15H25N3/c1-15(2,3)12-9-14(11-16-10-12)17-13-5-7-18(4)8-6-13/h9-11,13,17H,5-8H2,1-4H3. The van der Waals surface area contributed by atoms with Crippen molar-refractivity contribution in [3.63, 3.8) is 0 Å². The highest BCUT2D eigenvalue weighted by Crippen LogP contribution is 2.24. The van der Waals surface area contributed by atoms with Gasteiger partial charge in [0, 0.05) is 18.4 Å². The van der Waals surface area contributed by atoms with Crippen molar-refractivity contribution >= 4 is 5.69 Å². The first-order valence-corrected chi connectivity index (χ1v) is 6.86. The lowest BCUT2D eigenvalue weighted by atomic mass is 9.88. The second-order valence-electron chi connectivity index (χ2n) is 6.43. The zero-order chi connectivity index (χ0) is 13.2. The van der Waals surface area contributed by atoms with E-state index in [2.05, 4.69) is 49.1 Å². The molecule has 3 nitrogen and oxygen atoms in total. The summed E-state index contributed by atoms with van der Waals surface area (Å²) in [4.78, 5) is 6.75. The van der Waals surface area contributed by atoms with E-state index in [9.17, 15) is 0 Å². The van der Waals surface area contributed by atoms with Crippen LogP contribution in [0.5, 0.6) is 0 Å². The molecule has 0 unspecified atom stereocenters. The first-order chi connectivity index (χ1) is 8.45. The number of hydrogen-bond donors (Lipinski definition) is 1. The van der Waals surface area contributed by atoms with Crippen LogP contribution in [-0.4, -0.2) is 36.1 Å². The molecule has 1 aliphatic rings. The summed E-state index contributed by atoms with van der Waals surface area (Å²) in [6.07, 6.45) is 6.35. The highest BCUT2D eigenvalue weighted by Gasteiger charge is 2.18. The van der Waals surface area contributed by atoms with Crippen LogP contribution in [0.4, 0.5) is 5.69 Å². The third kappa shape index (κ3) is 3.45. The predicted octanol–water partition coefficient (Wildman–Crippen LogP) is 2.89. The summed E-state index contributed by atoms with van der Waals surface area (Å²) in [7, 11) is 2.19. The summed E-state index contributed by atoms with van der Waals surface area (Å²) < 4.78 is 0. The van der Waals surface area contributed by atoms with Crippen LogP contribution >= 0.6 is 0 Å². The van der Waals surface area contributed by atoms with Crippen LogP contribution < -0.4 is 5.32 Å². The quantitative estimate of drug-likeness (QED) is 0.871. The van der Waals surface area contributed by atoms with Gasteiger partial charge in [0.2, 0.25) is 0 Å². The lowest BCUT2D eigenvalue weighted by Crippen LogP contribution is -2.36. The molecular weight excluding hydrogens is 222 g/mol. The third-order valence-electron chi connectivity index (χ3n) is 3.69. The molecule has 1 aliphatic heterocycles.